The molecule has 6 atom stereocenters. The lowest BCUT2D eigenvalue weighted by molar-refractivity contribution is -0.140. The SMILES string of the molecule is CCO[C@@H]1C[C@H](S(=O)(=O)c2ccc(Br)cc2C(F)(F)F)C[C@H]1C(=O)NC1(C#N)CC1.CCO[C@H]1C[C@@H](S(=O)(=O)c2ccc(Br)cc2C(F)(F)F)C[C@@H]1C(=O)NC1(C#N)CC1. The predicted octanol–water partition coefficient (Wildman–Crippen LogP) is 7.20. The second kappa shape index (κ2) is 17.8. The molecule has 2 amide bonds. The molecule has 2 aromatic carbocycles. The van der Waals surface area contributed by atoms with Crippen LogP contribution in [0.5, 0.6) is 0 Å². The van der Waals surface area contributed by atoms with E-state index in [1.807, 2.05) is 12.1 Å². The first-order chi connectivity index (χ1) is 27.9. The highest BCUT2D eigenvalue weighted by Gasteiger charge is 2.53. The number of halogens is 8. The molecule has 22 heteroatoms. The number of hydrogen-bond acceptors (Lipinski definition) is 10. The van der Waals surface area contributed by atoms with Crippen molar-refractivity contribution in [2.75, 3.05) is 13.2 Å². The average Bonchev–Trinajstić information content (AvgIpc) is 4.02. The standard InChI is InChI=1S/2C19H20BrF3N2O4S/c2*1-2-29-15-9-12(8-13(15)17(26)25-18(10-24)5-6-18)30(27,28)16-4-3-11(20)7-14(16)19(21,22)23/h2*3-4,7,12-13,15H,2,5-6,8-9H2,1H3,(H,25,26)/t2*12-,13-,15-/m10/s1. The fraction of sp³-hybridized carbons (Fsp3) is 0.579. The molecule has 2 N–H and O–H groups in total. The Bertz CT molecular complexity index is 2130. The van der Waals surface area contributed by atoms with E-state index in [1.165, 1.54) is 12.1 Å². The van der Waals surface area contributed by atoms with Gasteiger partial charge >= 0.3 is 12.4 Å². The lowest BCUT2D eigenvalue weighted by Crippen LogP contribution is -2.42. The van der Waals surface area contributed by atoms with Gasteiger partial charge in [-0.3, -0.25) is 9.59 Å². The predicted molar refractivity (Wildman–Crippen MR) is 208 cm³/mol. The molecule has 0 heterocycles. The van der Waals surface area contributed by atoms with E-state index in [-0.39, 0.29) is 47.8 Å². The van der Waals surface area contributed by atoms with Gasteiger partial charge in [-0.25, -0.2) is 16.8 Å². The fourth-order valence-electron chi connectivity index (χ4n) is 7.50. The second-order valence-corrected chi connectivity index (χ2v) is 21.3. The quantitative estimate of drug-likeness (QED) is 0.206. The van der Waals surface area contributed by atoms with Crippen LogP contribution in [-0.4, -0.2) is 75.6 Å². The first-order valence-electron chi connectivity index (χ1n) is 18.8. The summed E-state index contributed by atoms with van der Waals surface area (Å²) in [5, 5.41) is 21.2. The van der Waals surface area contributed by atoms with E-state index in [9.17, 15) is 63.3 Å². The maximum absolute atomic E-state index is 13.5. The zero-order valence-corrected chi connectivity index (χ0v) is 36.8. The average molecular weight is 1020 g/mol. The Labute approximate surface area is 359 Å². The smallest absolute Gasteiger partial charge is 0.378 e. The van der Waals surface area contributed by atoms with Gasteiger partial charge in [-0.1, -0.05) is 31.9 Å². The highest BCUT2D eigenvalue weighted by Crippen LogP contribution is 2.45. The Morgan fingerprint density at radius 1 is 0.683 bits per heavy atom. The van der Waals surface area contributed by atoms with Crippen LogP contribution < -0.4 is 10.6 Å². The summed E-state index contributed by atoms with van der Waals surface area (Å²) in [5.41, 5.74) is -4.36. The van der Waals surface area contributed by atoms with E-state index >= 15 is 0 Å². The Hall–Kier alpha value is -3.28. The number of hydrogen-bond donors (Lipinski definition) is 2. The number of nitriles is 2. The number of carbonyl (C=O) groups excluding carboxylic acids is 2. The molecule has 4 aliphatic rings. The number of carbonyl (C=O) groups is 2. The van der Waals surface area contributed by atoms with Crippen LogP contribution in [0.4, 0.5) is 26.3 Å². The van der Waals surface area contributed by atoms with Gasteiger partial charge in [-0.15, -0.1) is 0 Å². The third-order valence-electron chi connectivity index (χ3n) is 11.0. The van der Waals surface area contributed by atoms with Crippen LogP contribution >= 0.6 is 31.9 Å². The molecular formula is C38H40Br2F6N4O8S2. The molecule has 328 valence electrons. The molecule has 0 radical (unpaired) electrons. The largest absolute Gasteiger partial charge is 0.417 e. The Kier molecular flexibility index (Phi) is 14.2. The summed E-state index contributed by atoms with van der Waals surface area (Å²) in [7, 11) is -8.77. The summed E-state index contributed by atoms with van der Waals surface area (Å²) in [5.74, 6) is -2.73. The second-order valence-electron chi connectivity index (χ2n) is 15.1. The van der Waals surface area contributed by atoms with Crippen LogP contribution in [-0.2, 0) is 51.1 Å². The summed E-state index contributed by atoms with van der Waals surface area (Å²) in [6, 6.07) is 9.87. The lowest BCUT2D eigenvalue weighted by Gasteiger charge is -2.20. The Morgan fingerprint density at radius 2 is 1.02 bits per heavy atom. The van der Waals surface area contributed by atoms with Crippen molar-refractivity contribution in [3.8, 4) is 12.1 Å². The summed E-state index contributed by atoms with van der Waals surface area (Å²) >= 11 is 5.89. The molecule has 0 saturated heterocycles. The van der Waals surface area contributed by atoms with E-state index in [4.69, 9.17) is 9.47 Å². The number of amides is 2. The number of rotatable bonds is 12. The number of ether oxygens (including phenoxy) is 2. The van der Waals surface area contributed by atoms with Gasteiger partial charge in [0.25, 0.3) is 0 Å². The molecule has 6 rings (SSSR count). The van der Waals surface area contributed by atoms with Gasteiger partial charge in [0, 0.05) is 22.2 Å². The molecule has 4 aliphatic carbocycles. The highest BCUT2D eigenvalue weighted by atomic mass is 79.9. The van der Waals surface area contributed by atoms with Gasteiger partial charge in [0.15, 0.2) is 19.7 Å². The third kappa shape index (κ3) is 10.5. The van der Waals surface area contributed by atoms with Crippen molar-refractivity contribution in [1.29, 1.82) is 10.5 Å². The van der Waals surface area contributed by atoms with Crippen LogP contribution in [0.3, 0.4) is 0 Å². The normalized spacial score (nSPS) is 25.5. The number of sulfone groups is 2. The van der Waals surface area contributed by atoms with Crippen molar-refractivity contribution in [2.45, 2.75) is 121 Å². The van der Waals surface area contributed by atoms with Gasteiger partial charge in [0.2, 0.25) is 11.8 Å². The molecule has 0 bridgehead atoms. The van der Waals surface area contributed by atoms with Gasteiger partial charge in [0.1, 0.15) is 11.1 Å². The molecule has 4 fully saturated rings. The van der Waals surface area contributed by atoms with Crippen molar-refractivity contribution >= 4 is 63.3 Å². The number of benzene rings is 2. The van der Waals surface area contributed by atoms with Crippen LogP contribution in [0.15, 0.2) is 55.1 Å². The third-order valence-corrected chi connectivity index (χ3v) is 16.4. The van der Waals surface area contributed by atoms with Crippen LogP contribution in [0.25, 0.3) is 0 Å². The lowest BCUT2D eigenvalue weighted by atomic mass is 10.0. The van der Waals surface area contributed by atoms with Crippen molar-refractivity contribution < 1.29 is 62.2 Å². The van der Waals surface area contributed by atoms with E-state index < -0.39 is 110 Å². The number of nitrogens with one attached hydrogen (secondary N) is 2. The van der Waals surface area contributed by atoms with Crippen molar-refractivity contribution in [2.24, 2.45) is 11.8 Å². The van der Waals surface area contributed by atoms with Crippen molar-refractivity contribution in [3.63, 3.8) is 0 Å². The topological polar surface area (TPSA) is 193 Å². The first-order valence-corrected chi connectivity index (χ1v) is 23.5. The van der Waals surface area contributed by atoms with Crippen LogP contribution in [0.1, 0.15) is 76.3 Å². The summed E-state index contributed by atoms with van der Waals surface area (Å²) < 4.78 is 145. The monoisotopic (exact) mass is 1020 g/mol. The number of nitrogens with zero attached hydrogens (tertiary/aromatic N) is 2. The molecule has 2 aromatic rings. The van der Waals surface area contributed by atoms with Gasteiger partial charge in [-0.05, 0) is 102 Å². The van der Waals surface area contributed by atoms with Crippen molar-refractivity contribution in [1.82, 2.24) is 10.6 Å². The van der Waals surface area contributed by atoms with E-state index in [2.05, 4.69) is 42.5 Å². The fourth-order valence-corrected chi connectivity index (χ4v) is 12.2. The minimum Gasteiger partial charge on any atom is -0.378 e. The first kappa shape index (κ1) is 47.8. The zero-order chi connectivity index (χ0) is 44.6. The van der Waals surface area contributed by atoms with Gasteiger partial charge < -0.3 is 20.1 Å². The zero-order valence-electron chi connectivity index (χ0n) is 32.0. The molecule has 12 nitrogen and oxygen atoms in total. The van der Waals surface area contributed by atoms with Crippen molar-refractivity contribution in [3.05, 3.63) is 56.5 Å². The van der Waals surface area contributed by atoms with E-state index in [1.54, 1.807) is 13.8 Å². The van der Waals surface area contributed by atoms with Crippen LogP contribution in [0, 0.1) is 34.5 Å². The maximum Gasteiger partial charge on any atom is 0.417 e. The van der Waals surface area contributed by atoms with Crippen LogP contribution in [0.2, 0.25) is 0 Å². The maximum atomic E-state index is 13.5. The molecule has 4 saturated carbocycles. The van der Waals surface area contributed by atoms with E-state index in [0.717, 1.165) is 24.3 Å². The molecule has 0 aromatic heterocycles. The molecule has 60 heavy (non-hydrogen) atoms. The minimum absolute atomic E-state index is 0.0961. The number of alkyl halides is 6. The van der Waals surface area contributed by atoms with Gasteiger partial charge in [-0.2, -0.15) is 36.9 Å². The summed E-state index contributed by atoms with van der Waals surface area (Å²) in [6.45, 7) is 3.81. The van der Waals surface area contributed by atoms with Gasteiger partial charge in [0.05, 0.1) is 67.6 Å². The summed E-state index contributed by atoms with van der Waals surface area (Å²) in [6.07, 6.45) is -9.72. The Morgan fingerprint density at radius 3 is 1.28 bits per heavy atom. The van der Waals surface area contributed by atoms with E-state index in [0.29, 0.717) is 25.7 Å². The Balaban J connectivity index is 0.000000228. The molecular weight excluding hydrogens is 978 g/mol. The molecule has 0 aliphatic heterocycles. The molecule has 0 spiro atoms. The molecule has 0 unspecified atom stereocenters. The highest BCUT2D eigenvalue weighted by molar-refractivity contribution is 9.10. The minimum atomic E-state index is -4.86. The summed E-state index contributed by atoms with van der Waals surface area (Å²) in [4.78, 5) is 23.8.